The molecule has 0 radical (unpaired) electrons. The first-order valence-corrected chi connectivity index (χ1v) is 9.60. The third-order valence-electron chi connectivity index (χ3n) is 4.58. The molecule has 26 heavy (non-hydrogen) atoms. The third kappa shape index (κ3) is 3.76. The van der Waals surface area contributed by atoms with Crippen molar-refractivity contribution >= 4 is 29.3 Å². The van der Waals surface area contributed by atoms with Gasteiger partial charge in [0.05, 0.1) is 25.3 Å². The highest BCUT2D eigenvalue weighted by Gasteiger charge is 2.41. The van der Waals surface area contributed by atoms with Crippen LogP contribution in [0.15, 0.2) is 53.4 Å². The van der Waals surface area contributed by atoms with E-state index in [0.717, 1.165) is 5.56 Å². The van der Waals surface area contributed by atoms with E-state index in [1.165, 1.54) is 9.80 Å². The van der Waals surface area contributed by atoms with Crippen molar-refractivity contribution in [3.63, 3.8) is 0 Å². The van der Waals surface area contributed by atoms with Gasteiger partial charge in [-0.25, -0.2) is 4.90 Å². The van der Waals surface area contributed by atoms with Crippen molar-refractivity contribution in [3.05, 3.63) is 54.1 Å². The van der Waals surface area contributed by atoms with E-state index in [2.05, 4.69) is 24.3 Å². The van der Waals surface area contributed by atoms with Crippen LogP contribution in [0.2, 0.25) is 0 Å². The van der Waals surface area contributed by atoms with Crippen LogP contribution >= 0.6 is 11.8 Å². The first kappa shape index (κ1) is 18.5. The molecule has 1 aliphatic rings. The molecule has 3 rings (SSSR count). The fraction of sp³-hybridized carbons (Fsp3) is 0.300. The molecule has 2 aromatic rings. The minimum atomic E-state index is -0.440. The number of carbonyl (C=O) groups is 2. The summed E-state index contributed by atoms with van der Waals surface area (Å²) in [6.45, 7) is 0.620. The zero-order valence-electron chi connectivity index (χ0n) is 15.1. The summed E-state index contributed by atoms with van der Waals surface area (Å²) in [7, 11) is 3.47. The van der Waals surface area contributed by atoms with Crippen molar-refractivity contribution in [2.45, 2.75) is 23.9 Å². The number of thioether (sulfide) groups is 1. The van der Waals surface area contributed by atoms with Crippen molar-refractivity contribution < 1.29 is 14.3 Å². The maximum Gasteiger partial charge on any atom is 0.251 e. The monoisotopic (exact) mass is 370 g/mol. The summed E-state index contributed by atoms with van der Waals surface area (Å²) < 4.78 is 5.13. The Hall–Kier alpha value is -2.31. The second-order valence-corrected chi connectivity index (χ2v) is 7.13. The number of rotatable bonds is 6. The molecular formula is C20H22N2O3S. The van der Waals surface area contributed by atoms with Crippen LogP contribution in [0.25, 0.3) is 0 Å². The van der Waals surface area contributed by atoms with Gasteiger partial charge >= 0.3 is 0 Å². The molecule has 0 bridgehead atoms. The van der Waals surface area contributed by atoms with Gasteiger partial charge in [-0.3, -0.25) is 14.5 Å². The zero-order chi connectivity index (χ0) is 18.7. The molecule has 2 amide bonds. The van der Waals surface area contributed by atoms with E-state index in [4.69, 9.17) is 4.74 Å². The summed E-state index contributed by atoms with van der Waals surface area (Å²) in [5.41, 5.74) is 1.70. The second kappa shape index (κ2) is 7.93. The maximum atomic E-state index is 12.8. The van der Waals surface area contributed by atoms with Crippen molar-refractivity contribution in [3.8, 4) is 5.75 Å². The predicted octanol–water partition coefficient (Wildman–Crippen LogP) is 3.18. The normalized spacial score (nSPS) is 17.2. The largest absolute Gasteiger partial charge is 0.497 e. The lowest BCUT2D eigenvalue weighted by molar-refractivity contribution is -0.122. The van der Waals surface area contributed by atoms with Crippen LogP contribution < -0.4 is 9.64 Å². The molecule has 0 spiro atoms. The summed E-state index contributed by atoms with van der Waals surface area (Å²) in [5.74, 6) is 0.341. The summed E-state index contributed by atoms with van der Waals surface area (Å²) >= 11 is 1.69. The van der Waals surface area contributed by atoms with E-state index >= 15 is 0 Å². The third-order valence-corrected chi connectivity index (χ3v) is 5.32. The number of hydrogen-bond donors (Lipinski definition) is 0. The lowest BCUT2D eigenvalue weighted by Gasteiger charge is -2.23. The first-order valence-electron chi connectivity index (χ1n) is 8.37. The minimum absolute atomic E-state index is 0.172. The molecule has 0 aromatic heterocycles. The average molecular weight is 370 g/mol. The number of likely N-dealkylation sites (N-methyl/N-ethyl adjacent to an activating group) is 1. The predicted molar refractivity (Wildman–Crippen MR) is 104 cm³/mol. The number of carbonyl (C=O) groups excluding carboxylic acids is 2. The zero-order valence-corrected chi connectivity index (χ0v) is 16.0. The van der Waals surface area contributed by atoms with Gasteiger partial charge in [0.15, 0.2) is 0 Å². The van der Waals surface area contributed by atoms with Crippen LogP contribution in [0.4, 0.5) is 5.69 Å². The van der Waals surface area contributed by atoms with Gasteiger partial charge in [-0.15, -0.1) is 11.8 Å². The van der Waals surface area contributed by atoms with Crippen molar-refractivity contribution in [2.24, 2.45) is 0 Å². The maximum absolute atomic E-state index is 12.8. The van der Waals surface area contributed by atoms with Crippen LogP contribution in [0, 0.1) is 0 Å². The highest BCUT2D eigenvalue weighted by atomic mass is 32.2. The molecule has 2 aromatic carbocycles. The van der Waals surface area contributed by atoms with Gasteiger partial charge < -0.3 is 4.74 Å². The Balaban J connectivity index is 1.72. The summed E-state index contributed by atoms with van der Waals surface area (Å²) in [6.07, 6.45) is 2.24. The van der Waals surface area contributed by atoms with Crippen LogP contribution in [0.3, 0.4) is 0 Å². The lowest BCUT2D eigenvalue weighted by atomic mass is 10.1. The van der Waals surface area contributed by atoms with E-state index in [0.29, 0.717) is 18.0 Å². The quantitative estimate of drug-likeness (QED) is 0.577. The number of anilines is 1. The van der Waals surface area contributed by atoms with Crippen molar-refractivity contribution in [2.75, 3.05) is 25.3 Å². The molecule has 0 aliphatic carbocycles. The fourth-order valence-electron chi connectivity index (χ4n) is 3.09. The van der Waals surface area contributed by atoms with Crippen molar-refractivity contribution in [1.82, 2.24) is 4.90 Å². The molecule has 0 N–H and O–H groups in total. The highest BCUT2D eigenvalue weighted by molar-refractivity contribution is 7.98. The van der Waals surface area contributed by atoms with Gasteiger partial charge in [0.1, 0.15) is 5.75 Å². The van der Waals surface area contributed by atoms with Gasteiger partial charge in [0, 0.05) is 11.4 Å². The highest BCUT2D eigenvalue weighted by Crippen LogP contribution is 2.27. The number of hydrogen-bond acceptors (Lipinski definition) is 5. The Bertz CT molecular complexity index is 790. The van der Waals surface area contributed by atoms with Gasteiger partial charge in [-0.05, 0) is 55.3 Å². The number of methoxy groups -OCH3 is 1. The van der Waals surface area contributed by atoms with E-state index in [9.17, 15) is 9.59 Å². The van der Waals surface area contributed by atoms with E-state index in [-0.39, 0.29) is 18.2 Å². The van der Waals surface area contributed by atoms with Crippen LogP contribution in [-0.4, -0.2) is 43.2 Å². The molecule has 136 valence electrons. The van der Waals surface area contributed by atoms with Gasteiger partial charge in [0.25, 0.3) is 5.91 Å². The lowest BCUT2D eigenvalue weighted by Crippen LogP contribution is -2.39. The number of benzene rings is 2. The molecular weight excluding hydrogens is 348 g/mol. The molecule has 1 unspecified atom stereocenters. The smallest absolute Gasteiger partial charge is 0.251 e. The first-order chi connectivity index (χ1) is 12.5. The Morgan fingerprint density at radius 2 is 1.77 bits per heavy atom. The summed E-state index contributed by atoms with van der Waals surface area (Å²) in [5, 5.41) is 0. The Morgan fingerprint density at radius 1 is 1.12 bits per heavy atom. The Morgan fingerprint density at radius 3 is 2.35 bits per heavy atom. The molecule has 1 aliphatic heterocycles. The summed E-state index contributed by atoms with van der Waals surface area (Å²) in [6, 6.07) is 14.8. The number of imide groups is 1. The fourth-order valence-corrected chi connectivity index (χ4v) is 3.50. The van der Waals surface area contributed by atoms with Crippen LogP contribution in [0.5, 0.6) is 5.75 Å². The number of nitrogens with zero attached hydrogens (tertiary/aromatic N) is 2. The standard InChI is InChI=1S/C20H22N2O3S/c1-21(13-14-4-10-17(26-3)11-5-14)18-12-19(23)22(20(18)24)15-6-8-16(25-2)9-7-15/h4-11,18H,12-13H2,1-3H3. The number of ether oxygens (including phenoxy) is 1. The minimum Gasteiger partial charge on any atom is -0.497 e. The van der Waals surface area contributed by atoms with E-state index < -0.39 is 6.04 Å². The Kier molecular flexibility index (Phi) is 5.64. The average Bonchev–Trinajstić information content (AvgIpc) is 2.97. The van der Waals surface area contributed by atoms with E-state index in [1.807, 2.05) is 18.2 Å². The van der Waals surface area contributed by atoms with Crippen LogP contribution in [-0.2, 0) is 16.1 Å². The molecule has 1 atom stereocenters. The van der Waals surface area contributed by atoms with Crippen molar-refractivity contribution in [1.29, 1.82) is 0 Å². The molecule has 1 saturated heterocycles. The molecule has 1 fully saturated rings. The van der Waals surface area contributed by atoms with Gasteiger partial charge in [-0.1, -0.05) is 12.1 Å². The summed E-state index contributed by atoms with van der Waals surface area (Å²) in [4.78, 5) is 29.7. The van der Waals surface area contributed by atoms with E-state index in [1.54, 1.807) is 43.1 Å². The Labute approximate surface area is 157 Å². The van der Waals surface area contributed by atoms with Gasteiger partial charge in [-0.2, -0.15) is 0 Å². The molecule has 6 heteroatoms. The van der Waals surface area contributed by atoms with Crippen LogP contribution in [0.1, 0.15) is 12.0 Å². The topological polar surface area (TPSA) is 49.9 Å². The SMILES string of the molecule is COc1ccc(N2C(=O)CC(N(C)Cc3ccc(SC)cc3)C2=O)cc1. The number of amides is 2. The molecule has 0 saturated carbocycles. The molecule has 1 heterocycles. The molecule has 5 nitrogen and oxygen atoms in total. The van der Waals surface area contributed by atoms with Gasteiger partial charge in [0.2, 0.25) is 5.91 Å². The second-order valence-electron chi connectivity index (χ2n) is 6.25.